The molecule has 31 heavy (non-hydrogen) atoms. The summed E-state index contributed by atoms with van der Waals surface area (Å²) in [6.45, 7) is 6.87. The summed E-state index contributed by atoms with van der Waals surface area (Å²) in [5.74, 6) is 0.920. The molecule has 0 atom stereocenters. The van der Waals surface area contributed by atoms with Crippen LogP contribution in [0.3, 0.4) is 0 Å². The van der Waals surface area contributed by atoms with Crippen molar-refractivity contribution in [3.63, 3.8) is 0 Å². The van der Waals surface area contributed by atoms with E-state index in [1.54, 1.807) is 36.3 Å². The molecule has 162 valence electrons. The van der Waals surface area contributed by atoms with Crippen molar-refractivity contribution in [1.29, 1.82) is 5.26 Å². The maximum atomic E-state index is 13.0. The van der Waals surface area contributed by atoms with E-state index in [-0.39, 0.29) is 11.5 Å². The summed E-state index contributed by atoms with van der Waals surface area (Å²) < 4.78 is 10.9. The highest BCUT2D eigenvalue weighted by atomic mass is 35.5. The van der Waals surface area contributed by atoms with Gasteiger partial charge < -0.3 is 19.3 Å². The van der Waals surface area contributed by atoms with Gasteiger partial charge >= 0.3 is 0 Å². The van der Waals surface area contributed by atoms with Gasteiger partial charge in [0.1, 0.15) is 11.6 Å². The number of rotatable bonds is 6. The standard InChI is InChI=1S/C24H26ClN3O3/c1-4-31-23-14-18(6-8-22(23)30-3)13-19(16-26)24(29)28-11-9-27(10-12-28)21-15-20(25)7-5-17(21)2/h5-8,13-15H,4,9-12H2,1-3H3/b19-13+. The molecule has 1 saturated heterocycles. The number of hydrogen-bond acceptors (Lipinski definition) is 5. The second-order valence-electron chi connectivity index (χ2n) is 7.22. The third-order valence-corrected chi connectivity index (χ3v) is 5.46. The van der Waals surface area contributed by atoms with Gasteiger partial charge in [0.25, 0.3) is 5.91 Å². The molecule has 0 unspecified atom stereocenters. The third-order valence-electron chi connectivity index (χ3n) is 5.23. The highest BCUT2D eigenvalue weighted by Gasteiger charge is 2.24. The van der Waals surface area contributed by atoms with Crippen molar-refractivity contribution in [2.24, 2.45) is 0 Å². The summed E-state index contributed by atoms with van der Waals surface area (Å²) in [6, 6.07) is 13.2. The minimum Gasteiger partial charge on any atom is -0.493 e. The molecule has 0 aliphatic carbocycles. The smallest absolute Gasteiger partial charge is 0.264 e. The fraction of sp³-hybridized carbons (Fsp3) is 0.333. The zero-order valence-electron chi connectivity index (χ0n) is 18.0. The van der Waals surface area contributed by atoms with Crippen LogP contribution in [-0.4, -0.2) is 50.7 Å². The van der Waals surface area contributed by atoms with Crippen molar-refractivity contribution in [3.05, 3.63) is 58.1 Å². The number of nitriles is 1. The second kappa shape index (κ2) is 10.2. The number of benzene rings is 2. The van der Waals surface area contributed by atoms with E-state index in [2.05, 4.69) is 11.0 Å². The highest BCUT2D eigenvalue weighted by Crippen LogP contribution is 2.29. The maximum absolute atomic E-state index is 13.0. The summed E-state index contributed by atoms with van der Waals surface area (Å²) in [5.41, 5.74) is 3.03. The fourth-order valence-electron chi connectivity index (χ4n) is 3.60. The van der Waals surface area contributed by atoms with Crippen LogP contribution in [0.15, 0.2) is 42.0 Å². The van der Waals surface area contributed by atoms with Gasteiger partial charge in [0, 0.05) is 36.9 Å². The molecule has 0 radical (unpaired) electrons. The summed E-state index contributed by atoms with van der Waals surface area (Å²) in [5, 5.41) is 10.3. The molecule has 1 amide bonds. The quantitative estimate of drug-likeness (QED) is 0.495. The first-order valence-corrected chi connectivity index (χ1v) is 10.6. The van der Waals surface area contributed by atoms with E-state index in [1.807, 2.05) is 32.0 Å². The predicted octanol–water partition coefficient (Wildman–Crippen LogP) is 4.31. The van der Waals surface area contributed by atoms with E-state index < -0.39 is 0 Å². The number of aryl methyl sites for hydroxylation is 1. The molecule has 2 aromatic carbocycles. The van der Waals surface area contributed by atoms with Crippen LogP contribution in [0.1, 0.15) is 18.1 Å². The summed E-state index contributed by atoms with van der Waals surface area (Å²) >= 11 is 6.15. The number of amides is 1. The molecule has 7 heteroatoms. The van der Waals surface area contributed by atoms with Gasteiger partial charge in [-0.2, -0.15) is 5.26 Å². The van der Waals surface area contributed by atoms with Gasteiger partial charge in [-0.25, -0.2) is 0 Å². The van der Waals surface area contributed by atoms with Gasteiger partial charge in [0.15, 0.2) is 11.5 Å². The van der Waals surface area contributed by atoms with Gasteiger partial charge in [-0.1, -0.05) is 23.7 Å². The lowest BCUT2D eigenvalue weighted by Gasteiger charge is -2.36. The Morgan fingerprint density at radius 2 is 1.90 bits per heavy atom. The van der Waals surface area contributed by atoms with Crippen molar-refractivity contribution < 1.29 is 14.3 Å². The fourth-order valence-corrected chi connectivity index (χ4v) is 3.77. The topological polar surface area (TPSA) is 65.8 Å². The number of carbonyl (C=O) groups excluding carboxylic acids is 1. The van der Waals surface area contributed by atoms with E-state index >= 15 is 0 Å². The Morgan fingerprint density at radius 3 is 2.55 bits per heavy atom. The average molecular weight is 440 g/mol. The minimum atomic E-state index is -0.265. The summed E-state index contributed by atoms with van der Waals surface area (Å²) in [7, 11) is 1.57. The molecule has 0 aromatic heterocycles. The monoisotopic (exact) mass is 439 g/mol. The molecular formula is C24H26ClN3O3. The first-order valence-electron chi connectivity index (χ1n) is 10.2. The largest absolute Gasteiger partial charge is 0.493 e. The van der Waals surface area contributed by atoms with E-state index in [0.29, 0.717) is 54.9 Å². The molecule has 0 spiro atoms. The highest BCUT2D eigenvalue weighted by molar-refractivity contribution is 6.30. The zero-order valence-corrected chi connectivity index (χ0v) is 18.8. The van der Waals surface area contributed by atoms with Crippen molar-refractivity contribution in [2.75, 3.05) is 44.8 Å². The maximum Gasteiger partial charge on any atom is 0.264 e. The van der Waals surface area contributed by atoms with Crippen molar-refractivity contribution in [2.45, 2.75) is 13.8 Å². The Kier molecular flexibility index (Phi) is 7.43. The Bertz CT molecular complexity index is 1020. The number of hydrogen-bond donors (Lipinski definition) is 0. The minimum absolute atomic E-state index is 0.0972. The van der Waals surface area contributed by atoms with Gasteiger partial charge in [-0.15, -0.1) is 0 Å². The Labute approximate surface area is 188 Å². The lowest BCUT2D eigenvalue weighted by Crippen LogP contribution is -2.49. The molecule has 0 bridgehead atoms. The third kappa shape index (κ3) is 5.31. The number of nitrogens with zero attached hydrogens (tertiary/aromatic N) is 3. The number of methoxy groups -OCH3 is 1. The Morgan fingerprint density at radius 1 is 1.16 bits per heavy atom. The molecular weight excluding hydrogens is 414 g/mol. The second-order valence-corrected chi connectivity index (χ2v) is 7.66. The number of piperazine rings is 1. The first kappa shape index (κ1) is 22.5. The molecule has 1 aliphatic rings. The van der Waals surface area contributed by atoms with E-state index in [1.165, 1.54) is 0 Å². The molecule has 1 fully saturated rings. The van der Waals surface area contributed by atoms with Gasteiger partial charge in [0.05, 0.1) is 13.7 Å². The predicted molar refractivity (Wildman–Crippen MR) is 123 cm³/mol. The van der Waals surface area contributed by atoms with Crippen LogP contribution in [0.2, 0.25) is 5.02 Å². The van der Waals surface area contributed by atoms with E-state index in [4.69, 9.17) is 21.1 Å². The SMILES string of the molecule is CCOc1cc(/C=C(\C#N)C(=O)N2CCN(c3cc(Cl)ccc3C)CC2)ccc1OC. The van der Waals surface area contributed by atoms with Crippen LogP contribution in [-0.2, 0) is 4.79 Å². The van der Waals surface area contributed by atoms with Gasteiger partial charge in [0.2, 0.25) is 0 Å². The molecule has 6 nitrogen and oxygen atoms in total. The number of halogens is 1. The summed E-state index contributed by atoms with van der Waals surface area (Å²) in [6.07, 6.45) is 1.60. The van der Waals surface area contributed by atoms with Crippen LogP contribution in [0, 0.1) is 18.3 Å². The van der Waals surface area contributed by atoms with Crippen LogP contribution < -0.4 is 14.4 Å². The lowest BCUT2D eigenvalue weighted by molar-refractivity contribution is -0.126. The van der Waals surface area contributed by atoms with Crippen molar-refractivity contribution >= 4 is 29.3 Å². The Hall–Kier alpha value is -3.17. The average Bonchev–Trinajstić information content (AvgIpc) is 2.79. The Balaban J connectivity index is 1.72. The number of anilines is 1. The molecule has 0 N–H and O–H groups in total. The number of carbonyl (C=O) groups is 1. The van der Waals surface area contributed by atoms with Crippen molar-refractivity contribution in [3.8, 4) is 17.6 Å². The van der Waals surface area contributed by atoms with Crippen LogP contribution in [0.25, 0.3) is 6.08 Å². The van der Waals surface area contributed by atoms with Crippen LogP contribution in [0.4, 0.5) is 5.69 Å². The molecule has 3 rings (SSSR count). The first-order chi connectivity index (χ1) is 15.0. The summed E-state index contributed by atoms with van der Waals surface area (Å²) in [4.78, 5) is 16.9. The van der Waals surface area contributed by atoms with Crippen LogP contribution in [0.5, 0.6) is 11.5 Å². The van der Waals surface area contributed by atoms with Gasteiger partial charge in [-0.3, -0.25) is 4.79 Å². The molecule has 0 saturated carbocycles. The van der Waals surface area contributed by atoms with Gasteiger partial charge in [-0.05, 0) is 55.3 Å². The van der Waals surface area contributed by atoms with Crippen LogP contribution >= 0.6 is 11.6 Å². The molecule has 2 aromatic rings. The molecule has 1 heterocycles. The zero-order chi connectivity index (χ0) is 22.4. The normalized spacial score (nSPS) is 14.2. The van der Waals surface area contributed by atoms with E-state index in [9.17, 15) is 10.1 Å². The number of ether oxygens (including phenoxy) is 2. The molecule has 1 aliphatic heterocycles. The van der Waals surface area contributed by atoms with E-state index in [0.717, 1.165) is 11.3 Å². The van der Waals surface area contributed by atoms with Crippen molar-refractivity contribution in [1.82, 2.24) is 4.90 Å². The lowest BCUT2D eigenvalue weighted by atomic mass is 10.1.